The second-order valence-electron chi connectivity index (χ2n) is 5.39. The molecule has 1 saturated heterocycles. The molecule has 0 radical (unpaired) electrons. The van der Waals surface area contributed by atoms with Crippen molar-refractivity contribution < 1.29 is 4.79 Å². The third-order valence-corrected chi connectivity index (χ3v) is 4.17. The lowest BCUT2D eigenvalue weighted by molar-refractivity contribution is 0.182. The van der Waals surface area contributed by atoms with Gasteiger partial charge in [-0.3, -0.25) is 0 Å². The highest BCUT2D eigenvalue weighted by Crippen LogP contribution is 2.32. The Labute approximate surface area is 119 Å². The standard InChI is InChI=1S/C16H21N3O/c1-2-17-16(20)19-9-7-12(8-10-19)14-11-18-15-6-4-3-5-13(14)15/h3-6,11-12,18H,2,7-10H2,1H3,(H,17,20). The van der Waals surface area contributed by atoms with E-state index in [1.54, 1.807) is 0 Å². The fourth-order valence-corrected chi connectivity index (χ4v) is 3.09. The number of nitrogens with one attached hydrogen (secondary N) is 2. The lowest BCUT2D eigenvalue weighted by Gasteiger charge is -2.31. The first-order valence-electron chi connectivity index (χ1n) is 7.38. The van der Waals surface area contributed by atoms with Crippen LogP contribution in [0.2, 0.25) is 0 Å². The maximum absolute atomic E-state index is 11.8. The van der Waals surface area contributed by atoms with Crippen LogP contribution < -0.4 is 5.32 Å². The molecular formula is C16H21N3O. The minimum Gasteiger partial charge on any atom is -0.361 e. The highest BCUT2D eigenvalue weighted by atomic mass is 16.2. The lowest BCUT2D eigenvalue weighted by atomic mass is 9.89. The molecule has 20 heavy (non-hydrogen) atoms. The number of H-pyrrole nitrogens is 1. The van der Waals surface area contributed by atoms with Gasteiger partial charge in [-0.15, -0.1) is 0 Å². The van der Waals surface area contributed by atoms with E-state index < -0.39 is 0 Å². The molecule has 0 aliphatic carbocycles. The summed E-state index contributed by atoms with van der Waals surface area (Å²) in [5.74, 6) is 0.553. The normalized spacial score (nSPS) is 16.6. The number of piperidine rings is 1. The second kappa shape index (κ2) is 5.57. The third-order valence-electron chi connectivity index (χ3n) is 4.17. The van der Waals surface area contributed by atoms with Crippen molar-refractivity contribution in [3.63, 3.8) is 0 Å². The molecule has 4 heteroatoms. The third kappa shape index (κ3) is 2.38. The topological polar surface area (TPSA) is 48.1 Å². The van der Waals surface area contributed by atoms with Crippen LogP contribution in [0.15, 0.2) is 30.5 Å². The number of rotatable bonds is 2. The molecule has 3 rings (SSSR count). The van der Waals surface area contributed by atoms with E-state index in [2.05, 4.69) is 40.8 Å². The highest BCUT2D eigenvalue weighted by molar-refractivity contribution is 5.83. The van der Waals surface area contributed by atoms with Gasteiger partial charge >= 0.3 is 6.03 Å². The number of urea groups is 1. The largest absolute Gasteiger partial charge is 0.361 e. The van der Waals surface area contributed by atoms with Crippen molar-refractivity contribution in [1.29, 1.82) is 0 Å². The number of fused-ring (bicyclic) bond motifs is 1. The molecule has 0 unspecified atom stereocenters. The fraction of sp³-hybridized carbons (Fsp3) is 0.438. The Morgan fingerprint density at radius 3 is 2.85 bits per heavy atom. The first-order chi connectivity index (χ1) is 9.79. The van der Waals surface area contributed by atoms with Gasteiger partial charge in [-0.1, -0.05) is 18.2 Å². The molecule has 2 N–H and O–H groups in total. The number of nitrogens with zero attached hydrogens (tertiary/aromatic N) is 1. The van der Waals surface area contributed by atoms with Gasteiger partial charge in [0, 0.05) is 36.7 Å². The van der Waals surface area contributed by atoms with Crippen molar-refractivity contribution in [3.05, 3.63) is 36.0 Å². The summed E-state index contributed by atoms with van der Waals surface area (Å²) in [6, 6.07) is 8.51. The maximum atomic E-state index is 11.8. The number of likely N-dealkylation sites (tertiary alicyclic amines) is 1. The van der Waals surface area contributed by atoms with Crippen LogP contribution >= 0.6 is 0 Å². The Morgan fingerprint density at radius 1 is 1.35 bits per heavy atom. The molecular weight excluding hydrogens is 250 g/mol. The fourth-order valence-electron chi connectivity index (χ4n) is 3.09. The Morgan fingerprint density at radius 2 is 2.10 bits per heavy atom. The molecule has 0 atom stereocenters. The molecule has 0 spiro atoms. The Kier molecular flexibility index (Phi) is 3.63. The zero-order chi connectivity index (χ0) is 13.9. The quantitative estimate of drug-likeness (QED) is 0.866. The summed E-state index contributed by atoms with van der Waals surface area (Å²) < 4.78 is 0. The SMILES string of the molecule is CCNC(=O)N1CCC(c2c[nH]c3ccccc23)CC1. The van der Waals surface area contributed by atoms with E-state index in [0.717, 1.165) is 25.9 Å². The zero-order valence-corrected chi connectivity index (χ0v) is 11.9. The molecule has 1 aromatic carbocycles. The summed E-state index contributed by atoms with van der Waals surface area (Å²) >= 11 is 0. The van der Waals surface area contributed by atoms with Crippen LogP contribution in [0.5, 0.6) is 0 Å². The van der Waals surface area contributed by atoms with E-state index in [9.17, 15) is 4.79 Å². The van der Waals surface area contributed by atoms with Crippen molar-refractivity contribution in [1.82, 2.24) is 15.2 Å². The van der Waals surface area contributed by atoms with Crippen molar-refractivity contribution in [2.45, 2.75) is 25.7 Å². The highest BCUT2D eigenvalue weighted by Gasteiger charge is 2.24. The monoisotopic (exact) mass is 271 g/mol. The average Bonchev–Trinajstić information content (AvgIpc) is 2.92. The maximum Gasteiger partial charge on any atom is 0.317 e. The summed E-state index contributed by atoms with van der Waals surface area (Å²) in [4.78, 5) is 17.1. The molecule has 106 valence electrons. The van der Waals surface area contributed by atoms with Crippen LogP contribution in [0.4, 0.5) is 4.79 Å². The number of aromatic amines is 1. The zero-order valence-electron chi connectivity index (χ0n) is 11.9. The smallest absolute Gasteiger partial charge is 0.317 e. The summed E-state index contributed by atoms with van der Waals surface area (Å²) in [6.07, 6.45) is 4.22. The molecule has 0 bridgehead atoms. The number of amides is 2. The van der Waals surface area contributed by atoms with Crippen molar-refractivity contribution in [2.24, 2.45) is 0 Å². The van der Waals surface area contributed by atoms with E-state index in [1.165, 1.54) is 16.5 Å². The number of hydrogen-bond acceptors (Lipinski definition) is 1. The predicted octanol–water partition coefficient (Wildman–Crippen LogP) is 3.08. The Bertz CT molecular complexity index is 597. The minimum atomic E-state index is 0.0740. The van der Waals surface area contributed by atoms with Crippen molar-refractivity contribution in [3.8, 4) is 0 Å². The summed E-state index contributed by atoms with van der Waals surface area (Å²) in [7, 11) is 0. The molecule has 2 amide bonds. The number of benzene rings is 1. The van der Waals surface area contributed by atoms with Gasteiger partial charge in [-0.05, 0) is 37.3 Å². The number of carbonyl (C=O) groups is 1. The molecule has 0 saturated carbocycles. The van der Waals surface area contributed by atoms with Crippen LogP contribution in [0, 0.1) is 0 Å². The molecule has 1 aliphatic heterocycles. The molecule has 1 aromatic heterocycles. The van der Waals surface area contributed by atoms with Crippen LogP contribution in [-0.4, -0.2) is 35.5 Å². The summed E-state index contributed by atoms with van der Waals surface area (Å²) in [5.41, 5.74) is 2.60. The van der Waals surface area contributed by atoms with Gasteiger partial charge in [0.15, 0.2) is 0 Å². The van der Waals surface area contributed by atoms with Gasteiger partial charge in [0.1, 0.15) is 0 Å². The van der Waals surface area contributed by atoms with Crippen molar-refractivity contribution in [2.75, 3.05) is 19.6 Å². The first-order valence-corrected chi connectivity index (χ1v) is 7.38. The number of para-hydroxylation sites is 1. The van der Waals surface area contributed by atoms with E-state index >= 15 is 0 Å². The van der Waals surface area contributed by atoms with E-state index in [1.807, 2.05) is 11.8 Å². The Balaban J connectivity index is 1.70. The number of hydrogen-bond donors (Lipinski definition) is 2. The molecule has 4 nitrogen and oxygen atoms in total. The molecule has 1 aliphatic rings. The first kappa shape index (κ1) is 13.0. The van der Waals surface area contributed by atoms with Crippen LogP contribution in [0.3, 0.4) is 0 Å². The summed E-state index contributed by atoms with van der Waals surface area (Å²) in [5, 5.41) is 4.20. The van der Waals surface area contributed by atoms with E-state index in [4.69, 9.17) is 0 Å². The van der Waals surface area contributed by atoms with Crippen LogP contribution in [-0.2, 0) is 0 Å². The van der Waals surface area contributed by atoms with Crippen LogP contribution in [0.1, 0.15) is 31.2 Å². The number of carbonyl (C=O) groups excluding carboxylic acids is 1. The lowest BCUT2D eigenvalue weighted by Crippen LogP contribution is -2.43. The summed E-state index contributed by atoms with van der Waals surface area (Å²) in [6.45, 7) is 4.34. The Hall–Kier alpha value is -1.97. The predicted molar refractivity (Wildman–Crippen MR) is 80.9 cm³/mol. The minimum absolute atomic E-state index is 0.0740. The van der Waals surface area contributed by atoms with E-state index in [0.29, 0.717) is 12.5 Å². The second-order valence-corrected chi connectivity index (χ2v) is 5.39. The van der Waals surface area contributed by atoms with Gasteiger partial charge in [0.2, 0.25) is 0 Å². The molecule has 2 heterocycles. The van der Waals surface area contributed by atoms with Gasteiger partial charge in [0.05, 0.1) is 0 Å². The number of aromatic nitrogens is 1. The van der Waals surface area contributed by atoms with Gasteiger partial charge in [-0.25, -0.2) is 4.79 Å². The molecule has 1 fully saturated rings. The van der Waals surface area contributed by atoms with Gasteiger partial charge < -0.3 is 15.2 Å². The van der Waals surface area contributed by atoms with Crippen LogP contribution in [0.25, 0.3) is 10.9 Å². The average molecular weight is 271 g/mol. The van der Waals surface area contributed by atoms with E-state index in [-0.39, 0.29) is 6.03 Å². The van der Waals surface area contributed by atoms with Gasteiger partial charge in [0.25, 0.3) is 0 Å². The van der Waals surface area contributed by atoms with Gasteiger partial charge in [-0.2, -0.15) is 0 Å². The molecule has 2 aromatic rings. The van der Waals surface area contributed by atoms with Crippen molar-refractivity contribution >= 4 is 16.9 Å².